The van der Waals surface area contributed by atoms with Gasteiger partial charge in [-0.2, -0.15) is 5.10 Å². The maximum absolute atomic E-state index is 13.0. The number of nitrogens with one attached hydrogen (secondary N) is 2. The molecule has 2 amide bonds. The van der Waals surface area contributed by atoms with Crippen LogP contribution in [0.4, 0.5) is 5.69 Å². The number of nitro benzene ring substituents is 1. The molecule has 0 bridgehead atoms. The van der Waals surface area contributed by atoms with Crippen LogP contribution in [0.2, 0.25) is 0 Å². The van der Waals surface area contributed by atoms with Gasteiger partial charge in [0.25, 0.3) is 11.6 Å². The zero-order valence-electron chi connectivity index (χ0n) is 15.9. The number of carbonyl (C=O) groups excluding carboxylic acids is 2. The zero-order valence-corrected chi connectivity index (χ0v) is 15.9. The lowest BCUT2D eigenvalue weighted by Crippen LogP contribution is -2.45. The Bertz CT molecular complexity index is 1070. The van der Waals surface area contributed by atoms with Crippen molar-refractivity contribution in [3.8, 4) is 17.1 Å². The van der Waals surface area contributed by atoms with E-state index in [1.165, 1.54) is 35.2 Å². The first-order chi connectivity index (χ1) is 14.5. The summed E-state index contributed by atoms with van der Waals surface area (Å²) in [6, 6.07) is 10.0. The van der Waals surface area contributed by atoms with Crippen molar-refractivity contribution in [3.05, 3.63) is 64.5 Å². The van der Waals surface area contributed by atoms with Gasteiger partial charge >= 0.3 is 0 Å². The van der Waals surface area contributed by atoms with Gasteiger partial charge in [-0.1, -0.05) is 0 Å². The maximum Gasteiger partial charge on any atom is 0.270 e. The van der Waals surface area contributed by atoms with E-state index in [9.17, 15) is 19.7 Å². The number of non-ortho nitro benzene ring substituents is 1. The van der Waals surface area contributed by atoms with Crippen molar-refractivity contribution < 1.29 is 18.9 Å². The van der Waals surface area contributed by atoms with Crippen LogP contribution in [0.3, 0.4) is 0 Å². The lowest BCUT2D eigenvalue weighted by Gasteiger charge is -2.15. The predicted octanol–water partition coefficient (Wildman–Crippen LogP) is 2.44. The van der Waals surface area contributed by atoms with E-state index in [0.29, 0.717) is 30.1 Å². The van der Waals surface area contributed by atoms with Crippen LogP contribution in [0.1, 0.15) is 29.8 Å². The molecule has 10 heteroatoms. The summed E-state index contributed by atoms with van der Waals surface area (Å²) in [7, 11) is 0. The Labute approximate surface area is 171 Å². The SMILES string of the molecule is O=C(NC1CCCCNC1=O)c1cc(-c2ccco2)nn1-c1ccc([N+](=O)[O-])cc1. The van der Waals surface area contributed by atoms with Crippen molar-refractivity contribution in [2.45, 2.75) is 25.3 Å². The van der Waals surface area contributed by atoms with Crippen molar-refractivity contribution >= 4 is 17.5 Å². The van der Waals surface area contributed by atoms with Gasteiger partial charge in [0, 0.05) is 24.7 Å². The molecule has 1 aliphatic heterocycles. The minimum Gasteiger partial charge on any atom is -0.463 e. The normalized spacial score (nSPS) is 16.5. The zero-order chi connectivity index (χ0) is 21.1. The summed E-state index contributed by atoms with van der Waals surface area (Å²) < 4.78 is 6.76. The highest BCUT2D eigenvalue weighted by molar-refractivity contribution is 5.97. The van der Waals surface area contributed by atoms with Gasteiger partial charge < -0.3 is 15.1 Å². The molecule has 0 spiro atoms. The number of nitro groups is 1. The minimum atomic E-state index is -0.632. The number of hydrogen-bond donors (Lipinski definition) is 2. The largest absolute Gasteiger partial charge is 0.463 e. The van der Waals surface area contributed by atoms with Crippen LogP contribution in [0, 0.1) is 10.1 Å². The summed E-state index contributed by atoms with van der Waals surface area (Å²) in [4.78, 5) is 35.7. The van der Waals surface area contributed by atoms with Gasteiger partial charge in [0.2, 0.25) is 5.91 Å². The Kier molecular flexibility index (Phi) is 5.29. The molecule has 1 aliphatic rings. The summed E-state index contributed by atoms with van der Waals surface area (Å²) in [6.07, 6.45) is 3.73. The van der Waals surface area contributed by atoms with E-state index < -0.39 is 16.9 Å². The molecule has 3 aromatic rings. The third kappa shape index (κ3) is 3.93. The summed E-state index contributed by atoms with van der Waals surface area (Å²) in [6.45, 7) is 0.592. The highest BCUT2D eigenvalue weighted by Gasteiger charge is 2.26. The van der Waals surface area contributed by atoms with Gasteiger partial charge in [-0.3, -0.25) is 19.7 Å². The fourth-order valence-electron chi connectivity index (χ4n) is 3.31. The molecule has 0 saturated carbocycles. The molecule has 3 heterocycles. The van der Waals surface area contributed by atoms with E-state index in [2.05, 4.69) is 15.7 Å². The van der Waals surface area contributed by atoms with E-state index in [-0.39, 0.29) is 17.3 Å². The fraction of sp³-hybridized carbons (Fsp3) is 0.250. The van der Waals surface area contributed by atoms with Crippen molar-refractivity contribution in [1.29, 1.82) is 0 Å². The van der Waals surface area contributed by atoms with E-state index >= 15 is 0 Å². The molecule has 30 heavy (non-hydrogen) atoms. The van der Waals surface area contributed by atoms with Crippen molar-refractivity contribution in [2.75, 3.05) is 6.54 Å². The van der Waals surface area contributed by atoms with Gasteiger partial charge in [-0.05, 0) is 43.5 Å². The second-order valence-electron chi connectivity index (χ2n) is 6.89. The molecule has 0 radical (unpaired) electrons. The van der Waals surface area contributed by atoms with Crippen molar-refractivity contribution in [1.82, 2.24) is 20.4 Å². The number of aromatic nitrogens is 2. The third-order valence-corrected chi connectivity index (χ3v) is 4.86. The summed E-state index contributed by atoms with van der Waals surface area (Å²) in [5.74, 6) is -0.217. The number of nitrogens with zero attached hydrogens (tertiary/aromatic N) is 3. The fourth-order valence-corrected chi connectivity index (χ4v) is 3.31. The molecule has 0 aliphatic carbocycles. The van der Waals surface area contributed by atoms with E-state index in [1.54, 1.807) is 18.2 Å². The minimum absolute atomic E-state index is 0.0710. The van der Waals surface area contributed by atoms with Crippen LogP contribution in [-0.2, 0) is 4.79 Å². The molecule has 2 N–H and O–H groups in total. The van der Waals surface area contributed by atoms with Crippen LogP contribution in [-0.4, -0.2) is 39.1 Å². The monoisotopic (exact) mass is 409 g/mol. The molecule has 1 unspecified atom stereocenters. The first-order valence-electron chi connectivity index (χ1n) is 9.50. The van der Waals surface area contributed by atoms with Gasteiger partial charge in [-0.15, -0.1) is 0 Å². The average molecular weight is 409 g/mol. The maximum atomic E-state index is 13.0. The third-order valence-electron chi connectivity index (χ3n) is 4.86. The highest BCUT2D eigenvalue weighted by Crippen LogP contribution is 2.23. The van der Waals surface area contributed by atoms with Crippen molar-refractivity contribution in [2.24, 2.45) is 0 Å². The topological polar surface area (TPSA) is 132 Å². The second kappa shape index (κ2) is 8.19. The van der Waals surface area contributed by atoms with Crippen LogP contribution in [0.5, 0.6) is 0 Å². The molecular weight excluding hydrogens is 390 g/mol. The average Bonchev–Trinajstić information content (AvgIpc) is 3.38. The van der Waals surface area contributed by atoms with Gasteiger partial charge in [0.1, 0.15) is 17.4 Å². The predicted molar refractivity (Wildman–Crippen MR) is 106 cm³/mol. The molecular formula is C20H19N5O5. The lowest BCUT2D eigenvalue weighted by molar-refractivity contribution is -0.384. The number of rotatable bonds is 5. The molecule has 10 nitrogen and oxygen atoms in total. The van der Waals surface area contributed by atoms with Crippen molar-refractivity contribution in [3.63, 3.8) is 0 Å². The molecule has 2 aromatic heterocycles. The van der Waals surface area contributed by atoms with Gasteiger partial charge in [0.05, 0.1) is 16.9 Å². The number of carbonyl (C=O) groups is 2. The Morgan fingerprint density at radius 3 is 2.77 bits per heavy atom. The Morgan fingerprint density at radius 2 is 2.07 bits per heavy atom. The van der Waals surface area contributed by atoms with Gasteiger partial charge in [-0.25, -0.2) is 4.68 Å². The number of furan rings is 1. The molecule has 1 fully saturated rings. The lowest BCUT2D eigenvalue weighted by atomic mass is 10.1. The molecule has 1 atom stereocenters. The standard InChI is InChI=1S/C20H19N5O5/c26-19-15(4-1-2-10-21-19)22-20(27)17-12-16(18-5-3-11-30-18)23-24(17)13-6-8-14(9-7-13)25(28)29/h3,5-9,11-12,15H,1-2,4,10H2,(H,21,26)(H,22,27). The first kappa shape index (κ1) is 19.4. The van der Waals surface area contributed by atoms with Crippen LogP contribution in [0.15, 0.2) is 53.1 Å². The number of amides is 2. The summed E-state index contributed by atoms with van der Waals surface area (Å²) >= 11 is 0. The van der Waals surface area contributed by atoms with Gasteiger partial charge in [0.15, 0.2) is 5.76 Å². The second-order valence-corrected chi connectivity index (χ2v) is 6.89. The molecule has 4 rings (SSSR count). The smallest absolute Gasteiger partial charge is 0.270 e. The van der Waals surface area contributed by atoms with Crippen LogP contribution in [0.25, 0.3) is 17.1 Å². The Morgan fingerprint density at radius 1 is 1.27 bits per heavy atom. The quantitative estimate of drug-likeness (QED) is 0.491. The first-order valence-corrected chi connectivity index (χ1v) is 9.50. The Balaban J connectivity index is 1.69. The number of benzene rings is 1. The van der Waals surface area contributed by atoms with Crippen LogP contribution < -0.4 is 10.6 Å². The molecule has 1 saturated heterocycles. The summed E-state index contributed by atoms with van der Waals surface area (Å²) in [5, 5.41) is 20.9. The van der Waals surface area contributed by atoms with E-state index in [0.717, 1.165) is 12.8 Å². The van der Waals surface area contributed by atoms with Crippen LogP contribution >= 0.6 is 0 Å². The summed E-state index contributed by atoms with van der Waals surface area (Å²) in [5.41, 5.74) is 1.01. The molecule has 154 valence electrons. The Hall–Kier alpha value is -3.95. The number of hydrogen-bond acceptors (Lipinski definition) is 6. The highest BCUT2D eigenvalue weighted by atomic mass is 16.6. The van der Waals surface area contributed by atoms with E-state index in [4.69, 9.17) is 4.42 Å². The van der Waals surface area contributed by atoms with E-state index in [1.807, 2.05) is 0 Å². The molecule has 1 aromatic carbocycles.